The van der Waals surface area contributed by atoms with Gasteiger partial charge in [-0.15, -0.1) is 0 Å². The zero-order chi connectivity index (χ0) is 14.5. The predicted octanol–water partition coefficient (Wildman–Crippen LogP) is 1.52. The monoisotopic (exact) mass is 276 g/mol. The Morgan fingerprint density at radius 3 is 2.70 bits per heavy atom. The number of ether oxygens (including phenoxy) is 2. The van der Waals surface area contributed by atoms with E-state index in [-0.39, 0.29) is 0 Å². The molecule has 0 amide bonds. The highest BCUT2D eigenvalue weighted by molar-refractivity contribution is 5.82. The summed E-state index contributed by atoms with van der Waals surface area (Å²) in [5.41, 5.74) is 0.654. The summed E-state index contributed by atoms with van der Waals surface area (Å²) in [6, 6.07) is 8.88. The van der Waals surface area contributed by atoms with Crippen LogP contribution in [-0.2, 0) is 19.1 Å². The van der Waals surface area contributed by atoms with Crippen LogP contribution in [0.3, 0.4) is 0 Å². The summed E-state index contributed by atoms with van der Waals surface area (Å²) in [6.45, 7) is 1.27. The molecule has 3 atom stereocenters. The van der Waals surface area contributed by atoms with Crippen LogP contribution in [0.4, 0.5) is 0 Å². The van der Waals surface area contributed by atoms with E-state index in [0.717, 1.165) is 0 Å². The summed E-state index contributed by atoms with van der Waals surface area (Å²) in [6.07, 6.45) is 0.629. The number of rotatable bonds is 4. The third-order valence-electron chi connectivity index (χ3n) is 3.00. The molecule has 0 saturated carbocycles. The fourth-order valence-electron chi connectivity index (χ4n) is 2.10. The zero-order valence-electron chi connectivity index (χ0n) is 11.1. The van der Waals surface area contributed by atoms with Gasteiger partial charge in [0.1, 0.15) is 12.2 Å². The molecule has 0 saturated heterocycles. The van der Waals surface area contributed by atoms with Crippen LogP contribution in [0.5, 0.6) is 0 Å². The second-order valence-electron chi connectivity index (χ2n) is 4.54. The fourth-order valence-corrected chi connectivity index (χ4v) is 2.10. The molecule has 0 unspecified atom stereocenters. The molecule has 0 radical (unpaired) electrons. The van der Waals surface area contributed by atoms with Gasteiger partial charge in [-0.05, 0) is 5.56 Å². The normalized spacial score (nSPS) is 20.9. The Bertz CT molecular complexity index is 508. The number of cyclic esters (lactones) is 1. The highest BCUT2D eigenvalue weighted by Gasteiger charge is 2.34. The van der Waals surface area contributed by atoms with Crippen LogP contribution in [0.25, 0.3) is 0 Å². The van der Waals surface area contributed by atoms with E-state index in [2.05, 4.69) is 0 Å². The predicted molar refractivity (Wildman–Crippen MR) is 70.6 cm³/mol. The third-order valence-corrected chi connectivity index (χ3v) is 3.00. The molecule has 0 fully saturated rings. The molecule has 1 aliphatic heterocycles. The summed E-state index contributed by atoms with van der Waals surface area (Å²) in [7, 11) is 0. The lowest BCUT2D eigenvalue weighted by atomic mass is 9.97. The Hall–Kier alpha value is -2.14. The lowest BCUT2D eigenvalue weighted by Crippen LogP contribution is -2.38. The molecule has 5 nitrogen and oxygen atoms in total. The molecule has 0 bridgehead atoms. The fraction of sp³-hybridized carbons (Fsp3) is 0.333. The van der Waals surface area contributed by atoms with Crippen LogP contribution in [0.2, 0.25) is 0 Å². The van der Waals surface area contributed by atoms with Gasteiger partial charge in [0.2, 0.25) is 0 Å². The number of aliphatic hydroxyl groups excluding tert-OH is 1. The zero-order valence-corrected chi connectivity index (χ0v) is 11.1. The van der Waals surface area contributed by atoms with Gasteiger partial charge in [-0.1, -0.05) is 36.4 Å². The molecule has 0 aromatic heterocycles. The third kappa shape index (κ3) is 3.45. The number of hydrogen-bond acceptors (Lipinski definition) is 5. The molecule has 1 N–H and O–H groups in total. The van der Waals surface area contributed by atoms with Crippen LogP contribution in [0, 0.1) is 0 Å². The van der Waals surface area contributed by atoms with Crippen molar-refractivity contribution in [3.05, 3.63) is 48.0 Å². The van der Waals surface area contributed by atoms with Crippen molar-refractivity contribution < 1.29 is 24.2 Å². The van der Waals surface area contributed by atoms with E-state index in [0.29, 0.717) is 12.0 Å². The van der Waals surface area contributed by atoms with Crippen molar-refractivity contribution in [3.63, 3.8) is 0 Å². The van der Waals surface area contributed by atoms with Crippen LogP contribution in [-0.4, -0.2) is 29.3 Å². The van der Waals surface area contributed by atoms with Gasteiger partial charge >= 0.3 is 11.9 Å². The molecule has 1 aromatic carbocycles. The van der Waals surface area contributed by atoms with Crippen LogP contribution in [0.15, 0.2) is 42.5 Å². The first kappa shape index (κ1) is 14.3. The average molecular weight is 276 g/mol. The summed E-state index contributed by atoms with van der Waals surface area (Å²) in [5, 5.41) is 10.4. The van der Waals surface area contributed by atoms with Gasteiger partial charge in [0.25, 0.3) is 0 Å². The molecular weight excluding hydrogens is 260 g/mol. The standard InChI is InChI=1S/C15H16O5/c1-10(16)19-15(11-6-3-2-4-7-11)14(18)12-8-5-9-13(17)20-12/h2-7,9,12,14-15,18H,8H2,1H3/t12-,14+,15+/m0/s1. The quantitative estimate of drug-likeness (QED) is 0.844. The Kier molecular flexibility index (Phi) is 4.53. The first-order valence-electron chi connectivity index (χ1n) is 6.35. The minimum atomic E-state index is -1.12. The number of hydrogen-bond donors (Lipinski definition) is 1. The van der Waals surface area contributed by atoms with Gasteiger partial charge in [0.15, 0.2) is 6.10 Å². The lowest BCUT2D eigenvalue weighted by molar-refractivity contribution is -0.167. The highest BCUT2D eigenvalue weighted by Crippen LogP contribution is 2.27. The maximum Gasteiger partial charge on any atom is 0.330 e. The van der Waals surface area contributed by atoms with E-state index in [9.17, 15) is 14.7 Å². The largest absolute Gasteiger partial charge is 0.456 e. The second-order valence-corrected chi connectivity index (χ2v) is 4.54. The van der Waals surface area contributed by atoms with Gasteiger partial charge in [-0.25, -0.2) is 4.79 Å². The molecule has 1 aromatic rings. The van der Waals surface area contributed by atoms with Crippen molar-refractivity contribution in [2.75, 3.05) is 0 Å². The molecule has 0 spiro atoms. The number of carbonyl (C=O) groups excluding carboxylic acids is 2. The molecule has 20 heavy (non-hydrogen) atoms. The van der Waals surface area contributed by atoms with E-state index >= 15 is 0 Å². The molecule has 0 aliphatic carbocycles. The average Bonchev–Trinajstić information content (AvgIpc) is 2.45. The van der Waals surface area contributed by atoms with Gasteiger partial charge in [-0.2, -0.15) is 0 Å². The Labute approximate surface area is 116 Å². The van der Waals surface area contributed by atoms with Crippen molar-refractivity contribution in [1.29, 1.82) is 0 Å². The van der Waals surface area contributed by atoms with Crippen molar-refractivity contribution in [1.82, 2.24) is 0 Å². The van der Waals surface area contributed by atoms with Gasteiger partial charge in [-0.3, -0.25) is 4.79 Å². The van der Waals surface area contributed by atoms with Gasteiger partial charge in [0, 0.05) is 19.4 Å². The van der Waals surface area contributed by atoms with Crippen molar-refractivity contribution in [3.8, 4) is 0 Å². The van der Waals surface area contributed by atoms with E-state index in [4.69, 9.17) is 9.47 Å². The number of benzene rings is 1. The van der Waals surface area contributed by atoms with E-state index in [1.807, 2.05) is 6.07 Å². The Morgan fingerprint density at radius 2 is 2.10 bits per heavy atom. The van der Waals surface area contributed by atoms with E-state index in [1.165, 1.54) is 13.0 Å². The summed E-state index contributed by atoms with van der Waals surface area (Å²) >= 11 is 0. The van der Waals surface area contributed by atoms with Crippen LogP contribution in [0.1, 0.15) is 25.0 Å². The minimum absolute atomic E-state index is 0.386. The van der Waals surface area contributed by atoms with Crippen LogP contribution >= 0.6 is 0 Å². The molecule has 106 valence electrons. The van der Waals surface area contributed by atoms with Gasteiger partial charge in [0.05, 0.1) is 0 Å². The van der Waals surface area contributed by atoms with Crippen LogP contribution < -0.4 is 0 Å². The van der Waals surface area contributed by atoms with E-state index < -0.39 is 30.3 Å². The lowest BCUT2D eigenvalue weighted by Gasteiger charge is -2.30. The molecule has 2 rings (SSSR count). The SMILES string of the molecule is CC(=O)O[C@H](c1ccccc1)[C@H](O)[C@@H]1CC=CC(=O)O1. The topological polar surface area (TPSA) is 72.8 Å². The number of aliphatic hydroxyl groups is 1. The maximum atomic E-state index is 11.2. The Balaban J connectivity index is 2.20. The minimum Gasteiger partial charge on any atom is -0.456 e. The highest BCUT2D eigenvalue weighted by atomic mass is 16.6. The first-order valence-corrected chi connectivity index (χ1v) is 6.35. The molecular formula is C15H16O5. The summed E-state index contributed by atoms with van der Waals surface area (Å²) < 4.78 is 10.2. The van der Waals surface area contributed by atoms with Gasteiger partial charge < -0.3 is 14.6 Å². The Morgan fingerprint density at radius 1 is 1.40 bits per heavy atom. The number of carbonyl (C=O) groups is 2. The second kappa shape index (κ2) is 6.34. The van der Waals surface area contributed by atoms with Crippen molar-refractivity contribution in [2.24, 2.45) is 0 Å². The smallest absolute Gasteiger partial charge is 0.330 e. The van der Waals surface area contributed by atoms with Crippen molar-refractivity contribution in [2.45, 2.75) is 31.7 Å². The molecule has 1 aliphatic rings. The number of esters is 2. The maximum absolute atomic E-state index is 11.2. The summed E-state index contributed by atoms with van der Waals surface area (Å²) in [5.74, 6) is -1.01. The van der Waals surface area contributed by atoms with E-state index in [1.54, 1.807) is 30.3 Å². The summed E-state index contributed by atoms with van der Waals surface area (Å²) in [4.78, 5) is 22.5. The molecule has 5 heteroatoms. The molecule has 1 heterocycles. The van der Waals surface area contributed by atoms with Crippen molar-refractivity contribution >= 4 is 11.9 Å². The first-order chi connectivity index (χ1) is 9.58.